The van der Waals surface area contributed by atoms with E-state index in [0.29, 0.717) is 18.7 Å². The first kappa shape index (κ1) is 13.8. The van der Waals surface area contributed by atoms with E-state index in [0.717, 1.165) is 0 Å². The van der Waals surface area contributed by atoms with Crippen LogP contribution in [0, 0.1) is 5.82 Å². The molecule has 0 saturated carbocycles. The number of rotatable bonds is 1. The molecule has 2 N–H and O–H groups in total. The molecular weight excluding hydrogens is 247 g/mol. The summed E-state index contributed by atoms with van der Waals surface area (Å²) >= 11 is 0. The van der Waals surface area contributed by atoms with Gasteiger partial charge in [-0.3, -0.25) is 4.79 Å². The minimum Gasteiger partial charge on any atom is -0.398 e. The molecule has 1 heterocycles. The third-order valence-corrected chi connectivity index (χ3v) is 3.10. The number of nitrogens with two attached hydrogens (primary N) is 1. The molecule has 4 nitrogen and oxygen atoms in total. The number of hydrogen-bond acceptors (Lipinski definition) is 3. The molecule has 0 aliphatic carbocycles. The first-order chi connectivity index (χ1) is 8.78. The molecule has 1 unspecified atom stereocenters. The molecule has 1 aliphatic heterocycles. The second kappa shape index (κ2) is 4.81. The Kier molecular flexibility index (Phi) is 3.49. The van der Waals surface area contributed by atoms with Gasteiger partial charge in [0.1, 0.15) is 5.82 Å². The number of morpholine rings is 1. The lowest BCUT2D eigenvalue weighted by molar-refractivity contribution is -0.118. The van der Waals surface area contributed by atoms with E-state index in [1.165, 1.54) is 18.2 Å². The van der Waals surface area contributed by atoms with Crippen LogP contribution in [0.1, 0.15) is 31.1 Å². The van der Waals surface area contributed by atoms with Crippen molar-refractivity contribution in [1.29, 1.82) is 0 Å². The van der Waals surface area contributed by atoms with Gasteiger partial charge >= 0.3 is 0 Å². The summed E-state index contributed by atoms with van der Waals surface area (Å²) in [5.74, 6) is -0.620. The fourth-order valence-electron chi connectivity index (χ4n) is 2.51. The summed E-state index contributed by atoms with van der Waals surface area (Å²) in [6, 6.07) is 3.85. The summed E-state index contributed by atoms with van der Waals surface area (Å²) in [4.78, 5) is 14.1. The smallest absolute Gasteiger partial charge is 0.256 e. The maximum atomic E-state index is 13.0. The lowest BCUT2D eigenvalue weighted by Gasteiger charge is -2.41. The largest absolute Gasteiger partial charge is 0.398 e. The highest BCUT2D eigenvalue weighted by molar-refractivity contribution is 5.99. The SMILES string of the molecule is CC1CN(C(=O)c2ccc(F)cc2N)CC(C)(C)O1. The van der Waals surface area contributed by atoms with Crippen LogP contribution in [-0.4, -0.2) is 35.6 Å². The van der Waals surface area contributed by atoms with Crippen LogP contribution in [0.2, 0.25) is 0 Å². The Bertz CT molecular complexity index is 502. The summed E-state index contributed by atoms with van der Waals surface area (Å²) in [5.41, 5.74) is 5.83. The van der Waals surface area contributed by atoms with Crippen molar-refractivity contribution in [3.05, 3.63) is 29.6 Å². The zero-order valence-corrected chi connectivity index (χ0v) is 11.4. The Morgan fingerprint density at radius 1 is 1.53 bits per heavy atom. The zero-order chi connectivity index (χ0) is 14.2. The maximum absolute atomic E-state index is 13.0. The third-order valence-electron chi connectivity index (χ3n) is 3.10. The van der Waals surface area contributed by atoms with E-state index in [2.05, 4.69) is 0 Å². The Morgan fingerprint density at radius 3 is 2.79 bits per heavy atom. The topological polar surface area (TPSA) is 55.6 Å². The second-order valence-electron chi connectivity index (χ2n) is 5.61. The minimum atomic E-state index is -0.440. The molecule has 19 heavy (non-hydrogen) atoms. The summed E-state index contributed by atoms with van der Waals surface area (Å²) in [6.45, 7) is 6.81. The predicted octanol–water partition coefficient (Wildman–Crippen LogP) is 2.05. The molecule has 1 aromatic rings. The molecule has 1 saturated heterocycles. The normalized spacial score (nSPS) is 22.3. The number of carbonyl (C=O) groups excluding carboxylic acids is 1. The van der Waals surface area contributed by atoms with Gasteiger partial charge in [-0.25, -0.2) is 4.39 Å². The number of anilines is 1. The summed E-state index contributed by atoms with van der Waals surface area (Å²) in [6.07, 6.45) is -0.0330. The van der Waals surface area contributed by atoms with Gasteiger partial charge in [0.05, 0.1) is 17.3 Å². The second-order valence-corrected chi connectivity index (χ2v) is 5.61. The molecule has 0 radical (unpaired) electrons. The summed E-state index contributed by atoms with van der Waals surface area (Å²) < 4.78 is 18.8. The number of ether oxygens (including phenoxy) is 1. The van der Waals surface area contributed by atoms with Gasteiger partial charge in [0.25, 0.3) is 5.91 Å². The van der Waals surface area contributed by atoms with E-state index in [4.69, 9.17) is 10.5 Å². The van der Waals surface area contributed by atoms with E-state index in [1.54, 1.807) is 4.90 Å². The minimum absolute atomic E-state index is 0.0330. The van der Waals surface area contributed by atoms with E-state index in [1.807, 2.05) is 20.8 Å². The van der Waals surface area contributed by atoms with Crippen LogP contribution < -0.4 is 5.73 Å². The van der Waals surface area contributed by atoms with Crippen molar-refractivity contribution >= 4 is 11.6 Å². The van der Waals surface area contributed by atoms with E-state index < -0.39 is 5.82 Å². The molecule has 1 aromatic carbocycles. The van der Waals surface area contributed by atoms with Gasteiger partial charge in [0.15, 0.2) is 0 Å². The van der Waals surface area contributed by atoms with Crippen molar-refractivity contribution < 1.29 is 13.9 Å². The van der Waals surface area contributed by atoms with Gasteiger partial charge in [0, 0.05) is 18.8 Å². The average molecular weight is 266 g/mol. The van der Waals surface area contributed by atoms with Crippen molar-refractivity contribution in [2.24, 2.45) is 0 Å². The van der Waals surface area contributed by atoms with Gasteiger partial charge in [-0.15, -0.1) is 0 Å². The van der Waals surface area contributed by atoms with Crippen molar-refractivity contribution in [2.75, 3.05) is 18.8 Å². The number of nitrogen functional groups attached to an aromatic ring is 1. The van der Waals surface area contributed by atoms with Crippen LogP contribution in [-0.2, 0) is 4.74 Å². The van der Waals surface area contributed by atoms with Crippen LogP contribution in [0.15, 0.2) is 18.2 Å². The maximum Gasteiger partial charge on any atom is 0.256 e. The van der Waals surface area contributed by atoms with Gasteiger partial charge < -0.3 is 15.4 Å². The van der Waals surface area contributed by atoms with Crippen LogP contribution in [0.5, 0.6) is 0 Å². The van der Waals surface area contributed by atoms with Crippen LogP contribution in [0.25, 0.3) is 0 Å². The summed E-state index contributed by atoms with van der Waals surface area (Å²) in [7, 11) is 0. The van der Waals surface area contributed by atoms with Crippen LogP contribution in [0.3, 0.4) is 0 Å². The Labute approximate surface area is 112 Å². The monoisotopic (exact) mass is 266 g/mol. The molecule has 1 aliphatic rings. The number of amides is 1. The molecule has 1 fully saturated rings. The Morgan fingerprint density at radius 2 is 2.21 bits per heavy atom. The van der Waals surface area contributed by atoms with Gasteiger partial charge in [-0.2, -0.15) is 0 Å². The quantitative estimate of drug-likeness (QED) is 0.791. The first-order valence-electron chi connectivity index (χ1n) is 6.30. The number of halogens is 1. The number of carbonyl (C=O) groups is 1. The molecule has 0 spiro atoms. The van der Waals surface area contributed by atoms with Crippen molar-refractivity contribution in [3.8, 4) is 0 Å². The molecule has 1 atom stereocenters. The first-order valence-corrected chi connectivity index (χ1v) is 6.30. The molecular formula is C14H19FN2O2. The van der Waals surface area contributed by atoms with E-state index in [-0.39, 0.29) is 23.3 Å². The van der Waals surface area contributed by atoms with Crippen LogP contribution in [0.4, 0.5) is 10.1 Å². The standard InChI is InChI=1S/C14H19FN2O2/c1-9-7-17(8-14(2,3)19-9)13(18)11-5-4-10(15)6-12(11)16/h4-6,9H,7-8,16H2,1-3H3. The van der Waals surface area contributed by atoms with Crippen molar-refractivity contribution in [2.45, 2.75) is 32.5 Å². The Balaban J connectivity index is 2.24. The zero-order valence-electron chi connectivity index (χ0n) is 11.4. The summed E-state index contributed by atoms with van der Waals surface area (Å²) in [5, 5.41) is 0. The van der Waals surface area contributed by atoms with Gasteiger partial charge in [-0.1, -0.05) is 0 Å². The third kappa shape index (κ3) is 3.04. The predicted molar refractivity (Wildman–Crippen MR) is 71.3 cm³/mol. The molecule has 2 rings (SSSR count). The van der Waals surface area contributed by atoms with Crippen molar-refractivity contribution in [3.63, 3.8) is 0 Å². The molecule has 104 valence electrons. The number of hydrogen-bond donors (Lipinski definition) is 1. The highest BCUT2D eigenvalue weighted by Crippen LogP contribution is 2.24. The fourth-order valence-corrected chi connectivity index (χ4v) is 2.51. The lowest BCUT2D eigenvalue weighted by atomic mass is 10.0. The molecule has 1 amide bonds. The van der Waals surface area contributed by atoms with E-state index >= 15 is 0 Å². The molecule has 0 bridgehead atoms. The van der Waals surface area contributed by atoms with Gasteiger partial charge in [0.2, 0.25) is 0 Å². The van der Waals surface area contributed by atoms with Gasteiger partial charge in [-0.05, 0) is 39.0 Å². The highest BCUT2D eigenvalue weighted by Gasteiger charge is 2.34. The highest BCUT2D eigenvalue weighted by atomic mass is 19.1. The lowest BCUT2D eigenvalue weighted by Crippen LogP contribution is -2.53. The van der Waals surface area contributed by atoms with Crippen molar-refractivity contribution in [1.82, 2.24) is 4.90 Å². The number of nitrogens with zero attached hydrogens (tertiary/aromatic N) is 1. The van der Waals surface area contributed by atoms with Crippen LogP contribution >= 0.6 is 0 Å². The molecule has 0 aromatic heterocycles. The Hall–Kier alpha value is -1.62. The fraction of sp³-hybridized carbons (Fsp3) is 0.500. The number of benzene rings is 1. The molecule has 5 heteroatoms. The van der Waals surface area contributed by atoms with E-state index in [9.17, 15) is 9.18 Å². The average Bonchev–Trinajstić information content (AvgIpc) is 2.25.